The molecule has 0 bridgehead atoms. The van der Waals surface area contributed by atoms with Crippen LogP contribution in [0.15, 0.2) is 83.9 Å². The summed E-state index contributed by atoms with van der Waals surface area (Å²) in [5, 5.41) is 19.9. The number of nitrogens with zero attached hydrogens (tertiary/aromatic N) is 3. The second-order valence-electron chi connectivity index (χ2n) is 7.92. The number of carbonyl (C=O) groups is 2. The molecular formula is C29H20N4O3S. The number of ketones is 1. The zero-order chi connectivity index (χ0) is 26.4. The number of hydrogen-bond acceptors (Lipinski definition) is 8. The van der Waals surface area contributed by atoms with Crippen LogP contribution in [0.4, 0.5) is 5.82 Å². The molecule has 0 aliphatic rings. The standard InChI is InChI=1S/C29H20N4O3S/c1-18(34)36-23-13-11-22(12-14-23)27-24(15-30)28(32)33-29(25(27)16-31)37-17-26(35)21-9-7-20(8-10-21)19-5-3-2-4-6-19/h2-14H,17H2,1H3,(H2,32,33). The van der Waals surface area contributed by atoms with E-state index in [-0.39, 0.29) is 33.5 Å². The molecule has 4 aromatic rings. The van der Waals surface area contributed by atoms with E-state index in [0.717, 1.165) is 22.9 Å². The minimum absolute atomic E-state index is 0.0303. The second kappa shape index (κ2) is 11.2. The number of anilines is 1. The number of esters is 1. The summed E-state index contributed by atoms with van der Waals surface area (Å²) in [6.45, 7) is 1.29. The van der Waals surface area contributed by atoms with Gasteiger partial charge in [-0.05, 0) is 28.8 Å². The van der Waals surface area contributed by atoms with Gasteiger partial charge in [0.2, 0.25) is 0 Å². The van der Waals surface area contributed by atoms with Crippen LogP contribution in [-0.4, -0.2) is 22.5 Å². The molecule has 8 heteroatoms. The zero-order valence-corrected chi connectivity index (χ0v) is 20.6. The molecule has 2 N–H and O–H groups in total. The van der Waals surface area contributed by atoms with Gasteiger partial charge in [-0.3, -0.25) is 9.59 Å². The van der Waals surface area contributed by atoms with Gasteiger partial charge in [-0.1, -0.05) is 78.5 Å². The molecule has 0 radical (unpaired) electrons. The number of aromatic nitrogens is 1. The molecule has 4 rings (SSSR count). The first kappa shape index (κ1) is 25.2. The van der Waals surface area contributed by atoms with Gasteiger partial charge >= 0.3 is 5.97 Å². The Morgan fingerprint density at radius 2 is 1.46 bits per heavy atom. The number of benzene rings is 3. The van der Waals surface area contributed by atoms with Crippen molar-refractivity contribution in [3.63, 3.8) is 0 Å². The van der Waals surface area contributed by atoms with E-state index in [2.05, 4.69) is 11.1 Å². The normalized spacial score (nSPS) is 10.2. The van der Waals surface area contributed by atoms with Crippen molar-refractivity contribution in [2.45, 2.75) is 11.9 Å². The maximum Gasteiger partial charge on any atom is 0.308 e. The van der Waals surface area contributed by atoms with E-state index in [9.17, 15) is 20.1 Å². The summed E-state index contributed by atoms with van der Waals surface area (Å²) < 4.78 is 5.06. The second-order valence-corrected chi connectivity index (χ2v) is 8.89. The summed E-state index contributed by atoms with van der Waals surface area (Å²) in [7, 11) is 0. The van der Waals surface area contributed by atoms with Crippen LogP contribution in [0.3, 0.4) is 0 Å². The van der Waals surface area contributed by atoms with E-state index < -0.39 is 5.97 Å². The van der Waals surface area contributed by atoms with Crippen molar-refractivity contribution < 1.29 is 14.3 Å². The third kappa shape index (κ3) is 5.67. The molecule has 37 heavy (non-hydrogen) atoms. The lowest BCUT2D eigenvalue weighted by molar-refractivity contribution is -0.131. The fourth-order valence-electron chi connectivity index (χ4n) is 3.74. The Hall–Kier alpha value is -4.92. The average molecular weight is 505 g/mol. The molecule has 0 aliphatic heterocycles. The summed E-state index contributed by atoms with van der Waals surface area (Å²) in [6, 6.07) is 27.7. The van der Waals surface area contributed by atoms with Gasteiger partial charge in [0.05, 0.1) is 11.3 Å². The van der Waals surface area contributed by atoms with Crippen molar-refractivity contribution in [1.29, 1.82) is 10.5 Å². The number of nitriles is 2. The fraction of sp³-hybridized carbons (Fsp3) is 0.0690. The maximum atomic E-state index is 12.9. The molecule has 0 unspecified atom stereocenters. The molecule has 3 aromatic carbocycles. The number of nitrogens with two attached hydrogens (primary N) is 1. The number of pyridine rings is 1. The molecule has 7 nitrogen and oxygen atoms in total. The molecule has 0 saturated heterocycles. The fourth-order valence-corrected chi connectivity index (χ4v) is 4.63. The summed E-state index contributed by atoms with van der Waals surface area (Å²) in [5.41, 5.74) is 9.71. The Balaban J connectivity index is 1.60. The van der Waals surface area contributed by atoms with Crippen LogP contribution in [0, 0.1) is 22.7 Å². The van der Waals surface area contributed by atoms with Gasteiger partial charge in [0.25, 0.3) is 0 Å². The topological polar surface area (TPSA) is 130 Å². The van der Waals surface area contributed by atoms with Gasteiger partial charge in [0, 0.05) is 18.1 Å². The van der Waals surface area contributed by atoms with Crippen LogP contribution in [0.1, 0.15) is 28.4 Å². The van der Waals surface area contributed by atoms with Crippen LogP contribution < -0.4 is 10.5 Å². The Morgan fingerprint density at radius 1 is 0.865 bits per heavy atom. The van der Waals surface area contributed by atoms with Crippen LogP contribution in [0.25, 0.3) is 22.3 Å². The number of rotatable bonds is 7. The highest BCUT2D eigenvalue weighted by Crippen LogP contribution is 2.36. The molecule has 0 aliphatic carbocycles. The SMILES string of the molecule is CC(=O)Oc1ccc(-c2c(C#N)c(N)nc(SCC(=O)c3ccc(-c4ccccc4)cc3)c2C#N)cc1. The van der Waals surface area contributed by atoms with E-state index in [1.165, 1.54) is 6.92 Å². The van der Waals surface area contributed by atoms with Gasteiger partial charge in [-0.15, -0.1) is 0 Å². The zero-order valence-electron chi connectivity index (χ0n) is 19.8. The highest BCUT2D eigenvalue weighted by Gasteiger charge is 2.21. The molecule has 0 amide bonds. The van der Waals surface area contributed by atoms with E-state index in [4.69, 9.17) is 10.5 Å². The van der Waals surface area contributed by atoms with Crippen molar-refractivity contribution in [1.82, 2.24) is 4.98 Å². The Kier molecular flexibility index (Phi) is 7.63. The molecule has 180 valence electrons. The van der Waals surface area contributed by atoms with Crippen molar-refractivity contribution in [2.24, 2.45) is 0 Å². The molecule has 1 heterocycles. The van der Waals surface area contributed by atoms with Gasteiger partial charge in [-0.2, -0.15) is 10.5 Å². The monoisotopic (exact) mass is 504 g/mol. The Bertz CT molecular complexity index is 1550. The quantitative estimate of drug-likeness (QED) is 0.148. The third-order valence-electron chi connectivity index (χ3n) is 5.47. The number of ether oxygens (including phenoxy) is 1. The van der Waals surface area contributed by atoms with E-state index >= 15 is 0 Å². The summed E-state index contributed by atoms with van der Waals surface area (Å²) >= 11 is 1.09. The average Bonchev–Trinajstić information content (AvgIpc) is 2.92. The smallest absolute Gasteiger partial charge is 0.308 e. The van der Waals surface area contributed by atoms with Gasteiger partial charge in [0.15, 0.2) is 5.78 Å². The number of carbonyl (C=O) groups excluding carboxylic acids is 2. The van der Waals surface area contributed by atoms with Crippen LogP contribution >= 0.6 is 11.8 Å². The minimum atomic E-state index is -0.464. The van der Waals surface area contributed by atoms with Crippen LogP contribution in [0.5, 0.6) is 5.75 Å². The lowest BCUT2D eigenvalue weighted by atomic mass is 9.97. The molecule has 0 atom stereocenters. The van der Waals surface area contributed by atoms with E-state index in [1.807, 2.05) is 48.5 Å². The Labute approximate surface area is 218 Å². The lowest BCUT2D eigenvalue weighted by Gasteiger charge is -2.13. The number of hydrogen-bond donors (Lipinski definition) is 1. The highest BCUT2D eigenvalue weighted by molar-refractivity contribution is 8.00. The van der Waals surface area contributed by atoms with Gasteiger partial charge in [-0.25, -0.2) is 4.98 Å². The minimum Gasteiger partial charge on any atom is -0.427 e. The highest BCUT2D eigenvalue weighted by atomic mass is 32.2. The van der Waals surface area contributed by atoms with Gasteiger partial charge < -0.3 is 10.5 Å². The van der Waals surface area contributed by atoms with Crippen molar-refractivity contribution >= 4 is 29.3 Å². The molecular weight excluding hydrogens is 484 g/mol. The lowest BCUT2D eigenvalue weighted by Crippen LogP contribution is -2.06. The predicted octanol–water partition coefficient (Wildman–Crippen LogP) is 5.64. The molecule has 0 spiro atoms. The number of Topliss-reactive ketones (excluding diaryl/α,β-unsaturated/α-hetero) is 1. The predicted molar refractivity (Wildman–Crippen MR) is 142 cm³/mol. The summed E-state index contributed by atoms with van der Waals surface area (Å²) in [5.74, 6) is -0.279. The van der Waals surface area contributed by atoms with Crippen molar-refractivity contribution in [3.05, 3.63) is 95.6 Å². The van der Waals surface area contributed by atoms with Crippen LogP contribution in [-0.2, 0) is 4.79 Å². The first-order chi connectivity index (χ1) is 17.9. The molecule has 1 aromatic heterocycles. The summed E-state index contributed by atoms with van der Waals surface area (Å²) in [4.78, 5) is 28.4. The maximum absolute atomic E-state index is 12.9. The van der Waals surface area contributed by atoms with Gasteiger partial charge in [0.1, 0.15) is 34.3 Å². The van der Waals surface area contributed by atoms with Crippen molar-refractivity contribution in [3.8, 4) is 40.1 Å². The van der Waals surface area contributed by atoms with Crippen molar-refractivity contribution in [2.75, 3.05) is 11.5 Å². The number of thioether (sulfide) groups is 1. The third-order valence-corrected chi connectivity index (χ3v) is 6.45. The molecule has 0 saturated carbocycles. The van der Waals surface area contributed by atoms with E-state index in [1.54, 1.807) is 36.4 Å². The summed E-state index contributed by atoms with van der Waals surface area (Å²) in [6.07, 6.45) is 0. The molecule has 0 fully saturated rings. The first-order valence-corrected chi connectivity index (χ1v) is 12.1. The first-order valence-electron chi connectivity index (χ1n) is 11.1. The van der Waals surface area contributed by atoms with E-state index in [0.29, 0.717) is 22.4 Å². The number of nitrogen functional groups attached to an aromatic ring is 1. The Morgan fingerprint density at radius 3 is 2.05 bits per heavy atom. The largest absolute Gasteiger partial charge is 0.427 e. The van der Waals surface area contributed by atoms with Crippen LogP contribution in [0.2, 0.25) is 0 Å².